The van der Waals surface area contributed by atoms with Crippen molar-refractivity contribution in [2.24, 2.45) is 0 Å². The third kappa shape index (κ3) is 4.34. The molecule has 0 aliphatic carbocycles. The Morgan fingerprint density at radius 1 is 0.889 bits per heavy atom. The smallest absolute Gasteiger partial charge is 0.300 e. The quantitative estimate of drug-likeness (QED) is 0.264. The Balaban J connectivity index is 1.92. The summed E-state index contributed by atoms with van der Waals surface area (Å²) in [5.74, 6) is -5.25. The number of ketones is 1. The van der Waals surface area contributed by atoms with E-state index in [1.165, 1.54) is 25.1 Å². The molecule has 0 bridgehead atoms. The van der Waals surface area contributed by atoms with Gasteiger partial charge in [0.05, 0.1) is 11.6 Å². The van der Waals surface area contributed by atoms with Gasteiger partial charge in [-0.25, -0.2) is 13.2 Å². The number of hydrogen-bond acceptors (Lipinski definition) is 4. The number of aliphatic hydroxyl groups excluding tert-OH is 1. The molecule has 5 nitrogen and oxygen atoms in total. The zero-order valence-corrected chi connectivity index (χ0v) is 20.1. The highest BCUT2D eigenvalue weighted by molar-refractivity contribution is 6.51. The van der Waals surface area contributed by atoms with Gasteiger partial charge in [0.1, 0.15) is 11.6 Å². The predicted molar refractivity (Wildman–Crippen MR) is 132 cm³/mol. The van der Waals surface area contributed by atoms with Gasteiger partial charge in [-0.05, 0) is 74.4 Å². The number of amides is 1. The van der Waals surface area contributed by atoms with Crippen LogP contribution < -0.4 is 9.80 Å². The molecule has 36 heavy (non-hydrogen) atoms. The van der Waals surface area contributed by atoms with E-state index in [0.717, 1.165) is 41.9 Å². The third-order valence-corrected chi connectivity index (χ3v) is 6.39. The van der Waals surface area contributed by atoms with E-state index in [2.05, 4.69) is 4.90 Å². The molecule has 3 aromatic rings. The highest BCUT2D eigenvalue weighted by Gasteiger charge is 2.47. The van der Waals surface area contributed by atoms with E-state index in [4.69, 9.17) is 0 Å². The lowest BCUT2D eigenvalue weighted by molar-refractivity contribution is -0.132. The van der Waals surface area contributed by atoms with Crippen LogP contribution in [0.3, 0.4) is 0 Å². The van der Waals surface area contributed by atoms with Gasteiger partial charge in [0, 0.05) is 36.1 Å². The van der Waals surface area contributed by atoms with Crippen molar-refractivity contribution in [2.45, 2.75) is 26.8 Å². The van der Waals surface area contributed by atoms with Crippen LogP contribution in [0.25, 0.3) is 5.76 Å². The Morgan fingerprint density at radius 3 is 2.11 bits per heavy atom. The maximum absolute atomic E-state index is 14.1. The summed E-state index contributed by atoms with van der Waals surface area (Å²) in [5, 5.41) is 11.2. The third-order valence-electron chi connectivity index (χ3n) is 6.39. The summed E-state index contributed by atoms with van der Waals surface area (Å²) < 4.78 is 41.6. The van der Waals surface area contributed by atoms with Gasteiger partial charge < -0.3 is 10.0 Å². The van der Waals surface area contributed by atoms with Gasteiger partial charge in [-0.1, -0.05) is 12.1 Å². The molecular weight excluding hydrogens is 469 g/mol. The fourth-order valence-corrected chi connectivity index (χ4v) is 4.45. The second-order valence-corrected chi connectivity index (χ2v) is 8.50. The van der Waals surface area contributed by atoms with Crippen molar-refractivity contribution >= 4 is 28.8 Å². The molecule has 0 saturated carbocycles. The molecule has 1 amide bonds. The van der Waals surface area contributed by atoms with Crippen LogP contribution in [0.4, 0.5) is 24.5 Å². The molecule has 3 aromatic carbocycles. The summed E-state index contributed by atoms with van der Waals surface area (Å²) in [6, 6.07) is 12.7. The zero-order chi connectivity index (χ0) is 26.1. The van der Waals surface area contributed by atoms with Crippen molar-refractivity contribution in [3.8, 4) is 0 Å². The first-order valence-corrected chi connectivity index (χ1v) is 11.5. The average Bonchev–Trinajstić information content (AvgIpc) is 3.13. The van der Waals surface area contributed by atoms with Crippen molar-refractivity contribution in [3.05, 3.63) is 100 Å². The number of carbonyl (C=O) groups excluding carboxylic acids is 2. The normalized spacial score (nSPS) is 17.1. The summed E-state index contributed by atoms with van der Waals surface area (Å²) in [5.41, 5.74) is 1.53. The van der Waals surface area contributed by atoms with E-state index in [9.17, 15) is 27.9 Å². The van der Waals surface area contributed by atoms with E-state index in [1.807, 2.05) is 26.0 Å². The first kappa shape index (κ1) is 25.0. The fourth-order valence-electron chi connectivity index (χ4n) is 4.45. The fraction of sp³-hybridized carbons (Fsp3) is 0.214. The first-order chi connectivity index (χ1) is 17.2. The number of aryl methyl sites for hydroxylation is 1. The van der Waals surface area contributed by atoms with E-state index in [0.29, 0.717) is 5.56 Å². The van der Waals surface area contributed by atoms with Crippen molar-refractivity contribution in [1.29, 1.82) is 0 Å². The molecule has 1 saturated heterocycles. The number of halogens is 3. The molecule has 1 aliphatic heterocycles. The van der Waals surface area contributed by atoms with Gasteiger partial charge in [-0.3, -0.25) is 14.5 Å². The summed E-state index contributed by atoms with van der Waals surface area (Å²) in [7, 11) is 0. The highest BCUT2D eigenvalue weighted by Crippen LogP contribution is 2.43. The summed E-state index contributed by atoms with van der Waals surface area (Å²) in [6.07, 6.45) is 0. The van der Waals surface area contributed by atoms with E-state index < -0.39 is 40.9 Å². The molecule has 1 unspecified atom stereocenters. The number of Topliss-reactive ketones (excluding diaryl/α,β-unsaturated/α-hetero) is 1. The van der Waals surface area contributed by atoms with Crippen molar-refractivity contribution in [2.75, 3.05) is 22.9 Å². The molecular formula is C28H25F3N2O3. The number of carbonyl (C=O) groups is 2. The molecule has 1 aliphatic rings. The molecule has 4 rings (SSSR count). The number of aliphatic hydroxyl groups is 1. The van der Waals surface area contributed by atoms with Gasteiger partial charge >= 0.3 is 0 Å². The van der Waals surface area contributed by atoms with Gasteiger partial charge in [-0.15, -0.1) is 0 Å². The Morgan fingerprint density at radius 2 is 1.53 bits per heavy atom. The van der Waals surface area contributed by atoms with Crippen LogP contribution in [0.5, 0.6) is 0 Å². The minimum Gasteiger partial charge on any atom is -0.507 e. The number of anilines is 2. The zero-order valence-electron chi connectivity index (χ0n) is 20.1. The average molecular weight is 495 g/mol. The molecule has 0 aromatic heterocycles. The second kappa shape index (κ2) is 9.89. The number of rotatable bonds is 6. The Labute approximate surface area is 207 Å². The van der Waals surface area contributed by atoms with Gasteiger partial charge in [0.2, 0.25) is 0 Å². The molecule has 8 heteroatoms. The van der Waals surface area contributed by atoms with Crippen LogP contribution in [0.1, 0.15) is 36.6 Å². The first-order valence-electron chi connectivity index (χ1n) is 11.5. The van der Waals surface area contributed by atoms with Gasteiger partial charge in [0.15, 0.2) is 11.6 Å². The Kier molecular flexibility index (Phi) is 6.88. The summed E-state index contributed by atoms with van der Waals surface area (Å²) >= 11 is 0. The van der Waals surface area contributed by atoms with Crippen molar-refractivity contribution in [1.82, 2.24) is 0 Å². The van der Waals surface area contributed by atoms with Crippen LogP contribution in [-0.4, -0.2) is 29.9 Å². The summed E-state index contributed by atoms with van der Waals surface area (Å²) in [6.45, 7) is 7.08. The standard InChI is InChI=1S/C28H25F3N2O3/c1-4-32(5-2)19-9-6-17(7-10-19)25-24(26(34)18-8-12-21(29)16(3)14-18)27(35)28(36)33(25)20-11-13-22(30)23(31)15-20/h6-15,25,34H,4-5H2,1-3H3/b26-24+. The van der Waals surface area contributed by atoms with Crippen LogP contribution >= 0.6 is 0 Å². The molecule has 1 atom stereocenters. The Hall–Kier alpha value is -4.07. The van der Waals surface area contributed by atoms with Gasteiger partial charge in [-0.2, -0.15) is 0 Å². The van der Waals surface area contributed by atoms with Crippen LogP contribution in [0.2, 0.25) is 0 Å². The minimum atomic E-state index is -1.18. The topological polar surface area (TPSA) is 60.9 Å². The van der Waals surface area contributed by atoms with Crippen LogP contribution in [0.15, 0.2) is 66.2 Å². The maximum Gasteiger partial charge on any atom is 0.300 e. The van der Waals surface area contributed by atoms with Gasteiger partial charge in [0.25, 0.3) is 11.7 Å². The lowest BCUT2D eigenvalue weighted by Gasteiger charge is -2.27. The second-order valence-electron chi connectivity index (χ2n) is 8.50. The molecule has 1 heterocycles. The van der Waals surface area contributed by atoms with Crippen LogP contribution in [0, 0.1) is 24.4 Å². The molecule has 1 N–H and O–H groups in total. The molecule has 1 fully saturated rings. The largest absolute Gasteiger partial charge is 0.507 e. The summed E-state index contributed by atoms with van der Waals surface area (Å²) in [4.78, 5) is 29.5. The lowest BCUT2D eigenvalue weighted by Crippen LogP contribution is -2.29. The SMILES string of the molecule is CCN(CC)c1ccc(C2/C(=C(\O)c3ccc(F)c(C)c3)C(=O)C(=O)N2c2ccc(F)c(F)c2)cc1. The molecule has 0 radical (unpaired) electrons. The number of nitrogens with zero attached hydrogens (tertiary/aromatic N) is 2. The number of benzene rings is 3. The minimum absolute atomic E-state index is 0.0387. The molecule has 0 spiro atoms. The predicted octanol–water partition coefficient (Wildman–Crippen LogP) is 5.88. The molecule has 186 valence electrons. The van der Waals surface area contributed by atoms with Crippen molar-refractivity contribution < 1.29 is 27.9 Å². The lowest BCUT2D eigenvalue weighted by atomic mass is 9.94. The van der Waals surface area contributed by atoms with Crippen molar-refractivity contribution in [3.63, 3.8) is 0 Å². The van der Waals surface area contributed by atoms with E-state index in [1.54, 1.807) is 12.1 Å². The monoisotopic (exact) mass is 494 g/mol. The van der Waals surface area contributed by atoms with E-state index in [-0.39, 0.29) is 22.4 Å². The number of hydrogen-bond donors (Lipinski definition) is 1. The van der Waals surface area contributed by atoms with Crippen LogP contribution in [-0.2, 0) is 9.59 Å². The maximum atomic E-state index is 14.1. The highest BCUT2D eigenvalue weighted by atomic mass is 19.2. The Bertz CT molecular complexity index is 1360. The van der Waals surface area contributed by atoms with E-state index >= 15 is 0 Å².